The maximum atomic E-state index is 11.4. The summed E-state index contributed by atoms with van der Waals surface area (Å²) in [5, 5.41) is 9.36. The molecule has 2 aromatic rings. The molecule has 1 aromatic heterocycles. The molecule has 4 nitrogen and oxygen atoms in total. The van der Waals surface area contributed by atoms with Gasteiger partial charge < -0.3 is 10.0 Å². The van der Waals surface area contributed by atoms with Crippen LogP contribution in [0.3, 0.4) is 0 Å². The van der Waals surface area contributed by atoms with E-state index in [0.717, 1.165) is 21.3 Å². The third kappa shape index (κ3) is 2.93. The molecule has 21 heavy (non-hydrogen) atoms. The molecule has 0 amide bonds. The fourth-order valence-electron chi connectivity index (χ4n) is 2.74. The molecule has 1 aromatic carbocycles. The summed E-state index contributed by atoms with van der Waals surface area (Å²) in [6.07, 6.45) is 4.12. The molecule has 5 heteroatoms. The van der Waals surface area contributed by atoms with E-state index < -0.39 is 5.97 Å². The van der Waals surface area contributed by atoms with Crippen molar-refractivity contribution in [2.24, 2.45) is 5.92 Å². The summed E-state index contributed by atoms with van der Waals surface area (Å²) >= 11 is 3.50. The van der Waals surface area contributed by atoms with Gasteiger partial charge in [-0.25, -0.2) is 0 Å². The smallest absolute Gasteiger partial charge is 0.308 e. The van der Waals surface area contributed by atoms with E-state index in [9.17, 15) is 9.90 Å². The molecule has 0 spiro atoms. The zero-order valence-electron chi connectivity index (χ0n) is 11.4. The summed E-state index contributed by atoms with van der Waals surface area (Å²) in [4.78, 5) is 17.6. The fraction of sp³-hybridized carbons (Fsp3) is 0.250. The van der Waals surface area contributed by atoms with Crippen LogP contribution in [-0.2, 0) is 17.8 Å². The van der Waals surface area contributed by atoms with Crippen molar-refractivity contribution in [3.8, 4) is 0 Å². The number of aromatic nitrogens is 1. The Morgan fingerprint density at radius 1 is 1.38 bits per heavy atom. The van der Waals surface area contributed by atoms with Gasteiger partial charge in [-0.1, -0.05) is 18.2 Å². The number of carbonyl (C=O) groups is 1. The zero-order valence-corrected chi connectivity index (χ0v) is 13.0. The first-order chi connectivity index (χ1) is 10.1. The van der Waals surface area contributed by atoms with Crippen LogP contribution < -0.4 is 4.90 Å². The Kier molecular flexibility index (Phi) is 3.92. The van der Waals surface area contributed by atoms with Gasteiger partial charge in [-0.2, -0.15) is 0 Å². The van der Waals surface area contributed by atoms with Crippen molar-refractivity contribution in [3.63, 3.8) is 0 Å². The lowest BCUT2D eigenvalue weighted by Gasteiger charge is -2.34. The number of halogens is 1. The molecule has 1 aliphatic rings. The van der Waals surface area contributed by atoms with Crippen LogP contribution in [0.2, 0.25) is 0 Å². The van der Waals surface area contributed by atoms with Crippen LogP contribution in [0.5, 0.6) is 0 Å². The van der Waals surface area contributed by atoms with Gasteiger partial charge in [0, 0.05) is 35.6 Å². The molecule has 0 saturated heterocycles. The van der Waals surface area contributed by atoms with Crippen LogP contribution in [0.25, 0.3) is 0 Å². The van der Waals surface area contributed by atoms with Gasteiger partial charge in [0.1, 0.15) is 0 Å². The van der Waals surface area contributed by atoms with Gasteiger partial charge in [-0.15, -0.1) is 0 Å². The number of aliphatic carboxylic acids is 1. The Balaban J connectivity index is 1.93. The Hall–Kier alpha value is -1.88. The van der Waals surface area contributed by atoms with Crippen LogP contribution in [0, 0.1) is 5.92 Å². The number of anilines is 1. The van der Waals surface area contributed by atoms with Gasteiger partial charge in [0.2, 0.25) is 0 Å². The van der Waals surface area contributed by atoms with Gasteiger partial charge in [0.25, 0.3) is 0 Å². The number of carboxylic acid groups (broad SMARTS) is 1. The lowest BCUT2D eigenvalue weighted by molar-refractivity contribution is -0.141. The molecular formula is C16H15BrN2O2. The first-order valence-corrected chi connectivity index (χ1v) is 7.58. The molecule has 0 aliphatic carbocycles. The molecule has 1 atom stereocenters. The second-order valence-electron chi connectivity index (χ2n) is 5.22. The average molecular weight is 347 g/mol. The maximum absolute atomic E-state index is 11.4. The van der Waals surface area contributed by atoms with E-state index in [4.69, 9.17) is 0 Å². The topological polar surface area (TPSA) is 53.4 Å². The van der Waals surface area contributed by atoms with Crippen molar-refractivity contribution in [3.05, 3.63) is 58.3 Å². The number of hydrogen-bond donors (Lipinski definition) is 1. The predicted molar refractivity (Wildman–Crippen MR) is 84.3 cm³/mol. The van der Waals surface area contributed by atoms with Gasteiger partial charge in [-0.3, -0.25) is 9.78 Å². The van der Waals surface area contributed by atoms with E-state index in [0.29, 0.717) is 19.5 Å². The second-order valence-corrected chi connectivity index (χ2v) is 6.07. The van der Waals surface area contributed by atoms with E-state index in [-0.39, 0.29) is 5.92 Å². The number of fused-ring (bicyclic) bond motifs is 1. The van der Waals surface area contributed by atoms with Gasteiger partial charge in [0.15, 0.2) is 0 Å². The van der Waals surface area contributed by atoms with E-state index >= 15 is 0 Å². The minimum Gasteiger partial charge on any atom is -0.481 e. The molecule has 108 valence electrons. The van der Waals surface area contributed by atoms with Gasteiger partial charge in [0.05, 0.1) is 5.92 Å². The van der Waals surface area contributed by atoms with Crippen LogP contribution in [0.4, 0.5) is 5.69 Å². The van der Waals surface area contributed by atoms with Crippen LogP contribution >= 0.6 is 15.9 Å². The first-order valence-electron chi connectivity index (χ1n) is 6.79. The highest BCUT2D eigenvalue weighted by Gasteiger charge is 2.29. The second kappa shape index (κ2) is 5.85. The largest absolute Gasteiger partial charge is 0.481 e. The number of hydrogen-bond acceptors (Lipinski definition) is 3. The quantitative estimate of drug-likeness (QED) is 0.927. The molecule has 0 bridgehead atoms. The molecule has 1 aliphatic heterocycles. The van der Waals surface area contributed by atoms with Crippen molar-refractivity contribution in [1.29, 1.82) is 0 Å². The van der Waals surface area contributed by atoms with E-state index in [1.54, 1.807) is 12.4 Å². The molecule has 0 fully saturated rings. The van der Waals surface area contributed by atoms with E-state index in [1.165, 1.54) is 0 Å². The lowest BCUT2D eigenvalue weighted by atomic mass is 9.92. The number of nitrogens with zero attached hydrogens (tertiary/aromatic N) is 2. The lowest BCUT2D eigenvalue weighted by Crippen LogP contribution is -2.38. The number of benzene rings is 1. The van der Waals surface area contributed by atoms with Crippen molar-refractivity contribution < 1.29 is 9.90 Å². The predicted octanol–water partition coefficient (Wildman–Crippen LogP) is 3.11. The van der Waals surface area contributed by atoms with E-state index in [1.807, 2.05) is 24.3 Å². The Morgan fingerprint density at radius 3 is 2.95 bits per heavy atom. The number of rotatable bonds is 3. The van der Waals surface area contributed by atoms with Gasteiger partial charge in [-0.05, 0) is 45.6 Å². The Bertz CT molecular complexity index is 675. The summed E-state index contributed by atoms with van der Waals surface area (Å²) in [5.74, 6) is -1.09. The minimum absolute atomic E-state index is 0.361. The summed E-state index contributed by atoms with van der Waals surface area (Å²) < 4.78 is 0.944. The SMILES string of the molecule is O=C(O)C1Cc2ccccc2N(Cc2ccncc2Br)C1. The summed E-state index contributed by atoms with van der Waals surface area (Å²) in [7, 11) is 0. The van der Waals surface area contributed by atoms with Crippen LogP contribution in [0.1, 0.15) is 11.1 Å². The zero-order chi connectivity index (χ0) is 14.8. The third-order valence-electron chi connectivity index (χ3n) is 3.81. The molecule has 0 radical (unpaired) electrons. The highest BCUT2D eigenvalue weighted by molar-refractivity contribution is 9.10. The number of pyridine rings is 1. The number of carboxylic acids is 1. The Labute approximate surface area is 131 Å². The van der Waals surface area contributed by atoms with Crippen molar-refractivity contribution in [2.45, 2.75) is 13.0 Å². The van der Waals surface area contributed by atoms with Crippen LogP contribution in [0.15, 0.2) is 47.2 Å². The monoisotopic (exact) mass is 346 g/mol. The Morgan fingerprint density at radius 2 is 2.19 bits per heavy atom. The van der Waals surface area contributed by atoms with Crippen molar-refractivity contribution in [1.82, 2.24) is 4.98 Å². The molecule has 3 rings (SSSR count). The van der Waals surface area contributed by atoms with Crippen LogP contribution in [-0.4, -0.2) is 22.6 Å². The third-order valence-corrected chi connectivity index (χ3v) is 4.52. The molecule has 2 heterocycles. The summed E-state index contributed by atoms with van der Waals surface area (Å²) in [6.45, 7) is 1.20. The highest BCUT2D eigenvalue weighted by Crippen LogP contribution is 2.31. The molecule has 1 unspecified atom stereocenters. The summed E-state index contributed by atoms with van der Waals surface area (Å²) in [5.41, 5.74) is 3.32. The highest BCUT2D eigenvalue weighted by atomic mass is 79.9. The van der Waals surface area contributed by atoms with Crippen molar-refractivity contribution >= 4 is 27.6 Å². The van der Waals surface area contributed by atoms with Crippen molar-refractivity contribution in [2.75, 3.05) is 11.4 Å². The van der Waals surface area contributed by atoms with Gasteiger partial charge >= 0.3 is 5.97 Å². The molecule has 1 N–H and O–H groups in total. The maximum Gasteiger partial charge on any atom is 0.308 e. The summed E-state index contributed by atoms with van der Waals surface area (Å²) in [6, 6.07) is 9.98. The molecular weight excluding hydrogens is 332 g/mol. The number of para-hydroxylation sites is 1. The molecule has 0 saturated carbocycles. The van der Waals surface area contributed by atoms with E-state index in [2.05, 4.69) is 31.9 Å². The fourth-order valence-corrected chi connectivity index (χ4v) is 3.12. The standard InChI is InChI=1S/C16H15BrN2O2/c17-14-8-18-6-5-12(14)9-19-10-13(16(20)21)7-11-3-1-2-4-15(11)19/h1-6,8,13H,7,9-10H2,(H,20,21). The minimum atomic E-state index is -0.733. The average Bonchev–Trinajstić information content (AvgIpc) is 2.49. The normalized spacial score (nSPS) is 17.4. The first kappa shape index (κ1) is 14.1.